The molecule has 4 aromatic carbocycles. The van der Waals surface area contributed by atoms with Crippen molar-refractivity contribution in [2.45, 2.75) is 146 Å². The molecule has 4 saturated heterocycles. The van der Waals surface area contributed by atoms with Crippen LogP contribution in [-0.4, -0.2) is 223 Å². The summed E-state index contributed by atoms with van der Waals surface area (Å²) in [7, 11) is 1.39. The molecular weight excluding hydrogens is 1210 g/mol. The molecule has 28 heteroatoms. The van der Waals surface area contributed by atoms with Crippen LogP contribution in [0, 0.1) is 13.8 Å². The molecule has 4 aromatic rings. The molecule has 89 heavy (non-hydrogen) atoms. The number of amides is 1. The molecule has 0 saturated carbocycles. The molecule has 4 unspecified atom stereocenters. The lowest BCUT2D eigenvalue weighted by Gasteiger charge is -2.36. The smallest absolute Gasteiger partial charge is 0.394 e. The van der Waals surface area contributed by atoms with Crippen molar-refractivity contribution < 1.29 is 102 Å². The quantitative estimate of drug-likeness (QED) is 0.0362. The highest BCUT2D eigenvalue weighted by Crippen LogP contribution is 2.38. The lowest BCUT2D eigenvalue weighted by atomic mass is 9.98. The number of phenols is 2. The number of nitrogens with zero attached hydrogens (tertiary/aromatic N) is 3. The Bertz CT molecular complexity index is 2710. The maximum absolute atomic E-state index is 12.4. The first kappa shape index (κ1) is 80.6. The molecule has 4 heterocycles. The minimum atomic E-state index is -4.67. The molecule has 500 valence electrons. The normalized spacial score (nSPS) is 20.5. The van der Waals surface area contributed by atoms with Gasteiger partial charge in [-0.1, -0.05) is 98.8 Å². The van der Waals surface area contributed by atoms with Crippen molar-refractivity contribution in [3.8, 4) is 11.5 Å². The Morgan fingerprint density at radius 3 is 1.30 bits per heavy atom. The summed E-state index contributed by atoms with van der Waals surface area (Å²) in [6, 6.07) is 31.2. The Balaban J connectivity index is 0.000000554. The summed E-state index contributed by atoms with van der Waals surface area (Å²) in [5.41, 5.74) is 5.38. The number of carboxylic acids is 2. The second kappa shape index (κ2) is 40.4. The number of halogens is 1. The number of fused-ring (bicyclic) bond motifs is 4. The number of carbonyl (C=O) groups excluding carboxylic acids is 3. The number of carboxylic acid groups (broad SMARTS) is 2. The number of anilines is 1. The van der Waals surface area contributed by atoms with Crippen molar-refractivity contribution >= 4 is 58.3 Å². The molecule has 1 amide bonds. The summed E-state index contributed by atoms with van der Waals surface area (Å²) < 4.78 is 43.0. The van der Waals surface area contributed by atoms with Gasteiger partial charge < -0.3 is 81.3 Å². The van der Waals surface area contributed by atoms with E-state index in [9.17, 15) is 39.3 Å². The lowest BCUT2D eigenvalue weighted by Crippen LogP contribution is -2.43. The zero-order valence-corrected chi connectivity index (χ0v) is 52.9. The number of ether oxygens (including phenoxy) is 2. The highest BCUT2D eigenvalue weighted by molar-refractivity contribution is 7.79. The van der Waals surface area contributed by atoms with Crippen LogP contribution >= 0.6 is 12.4 Å². The molecule has 0 spiro atoms. The third-order valence-electron chi connectivity index (χ3n) is 15.6. The van der Waals surface area contributed by atoms with Crippen molar-refractivity contribution in [1.82, 2.24) is 20.0 Å². The molecule has 4 bridgehead atoms. The van der Waals surface area contributed by atoms with E-state index in [1.54, 1.807) is 13.1 Å². The second-order valence-electron chi connectivity index (χ2n) is 21.6. The number of esters is 2. The predicted molar refractivity (Wildman–Crippen MR) is 333 cm³/mol. The number of para-hydroxylation sites is 1. The van der Waals surface area contributed by atoms with Gasteiger partial charge in [0.25, 0.3) is 0 Å². The van der Waals surface area contributed by atoms with Gasteiger partial charge in [-0.05, 0) is 139 Å². The topological polar surface area (TPSA) is 426 Å². The third-order valence-corrected chi connectivity index (χ3v) is 15.6. The fraction of sp³-hybridized carbons (Fsp3) is 0.525. The van der Waals surface area contributed by atoms with Crippen molar-refractivity contribution in [2.75, 3.05) is 65.9 Å². The Morgan fingerprint density at radius 2 is 0.989 bits per heavy atom. The largest absolute Gasteiger partial charge is 0.504 e. The van der Waals surface area contributed by atoms with Crippen molar-refractivity contribution in [1.29, 1.82) is 0 Å². The molecule has 11 atom stereocenters. The maximum atomic E-state index is 12.4. The van der Waals surface area contributed by atoms with E-state index in [1.165, 1.54) is 37.8 Å². The minimum Gasteiger partial charge on any atom is -0.504 e. The van der Waals surface area contributed by atoms with Crippen LogP contribution < -0.4 is 10.6 Å². The van der Waals surface area contributed by atoms with Gasteiger partial charge in [-0.3, -0.25) is 28.4 Å². The van der Waals surface area contributed by atoms with Gasteiger partial charge >= 0.3 is 34.3 Å². The first-order valence-electron chi connectivity index (χ1n) is 28.7. The SMILES string of the molecule is CCN(CC)CC(=O)Nc1c(C)cccc1C.CN1[C@@H]2CC[C@H]1CC(OC(=O)C(CO)c1ccccc1)C2.CN1[C@@H]2CC[C@H]1CC(OC(=O)C(CO)c1ccccc1)C2.CNC[C@H](O)c1ccc(O)c(O)c1.Cl.O.O=C(O)[C@H](O)[C@@H](O)C(=O)O.O=S(=O)(O)O. The van der Waals surface area contributed by atoms with Gasteiger partial charge in [0.05, 0.1) is 25.9 Å². The molecule has 0 aromatic heterocycles. The van der Waals surface area contributed by atoms with E-state index in [4.69, 9.17) is 57.6 Å². The van der Waals surface area contributed by atoms with Crippen LogP contribution in [-0.2, 0) is 43.8 Å². The zero-order chi connectivity index (χ0) is 65.1. The van der Waals surface area contributed by atoms with Gasteiger partial charge in [-0.2, -0.15) is 8.42 Å². The van der Waals surface area contributed by atoms with Crippen LogP contribution in [0.4, 0.5) is 5.69 Å². The summed E-state index contributed by atoms with van der Waals surface area (Å²) in [6.45, 7) is 10.4. The average Bonchev–Trinajstić information content (AvgIpc) is 3.72. The summed E-state index contributed by atoms with van der Waals surface area (Å²) in [5.74, 6) is -5.59. The van der Waals surface area contributed by atoms with Crippen LogP contribution in [0.5, 0.6) is 11.5 Å². The summed E-state index contributed by atoms with van der Waals surface area (Å²) in [4.78, 5) is 63.1. The van der Waals surface area contributed by atoms with Gasteiger partial charge in [0.1, 0.15) is 24.0 Å². The molecule has 15 N–H and O–H groups in total. The fourth-order valence-corrected chi connectivity index (χ4v) is 10.6. The number of phenolic OH excluding ortho intramolecular Hbond substituents is 2. The summed E-state index contributed by atoms with van der Waals surface area (Å²) >= 11 is 0. The van der Waals surface area contributed by atoms with Crippen LogP contribution in [0.15, 0.2) is 97.1 Å². The number of benzene rings is 4. The molecule has 8 rings (SSSR count). The van der Waals surface area contributed by atoms with Gasteiger partial charge in [0, 0.05) is 36.4 Å². The Kier molecular flexibility index (Phi) is 36.5. The number of rotatable bonds is 19. The van der Waals surface area contributed by atoms with Crippen LogP contribution in [0.2, 0.25) is 0 Å². The van der Waals surface area contributed by atoms with Crippen LogP contribution in [0.3, 0.4) is 0 Å². The average molecular weight is 1300 g/mol. The van der Waals surface area contributed by atoms with Crippen LogP contribution in [0.1, 0.15) is 111 Å². The van der Waals surface area contributed by atoms with E-state index in [2.05, 4.69) is 53.3 Å². The van der Waals surface area contributed by atoms with E-state index in [1.807, 2.05) is 92.7 Å². The molecule has 4 aliphatic heterocycles. The number of nitrogens with one attached hydrogen (secondary N) is 2. The van der Waals surface area contributed by atoms with Gasteiger partial charge in [-0.15, -0.1) is 12.4 Å². The number of aliphatic hydroxyl groups is 5. The highest BCUT2D eigenvalue weighted by Gasteiger charge is 2.42. The predicted octanol–water partition coefficient (Wildman–Crippen LogP) is 3.62. The third kappa shape index (κ3) is 27.3. The first-order chi connectivity index (χ1) is 41.1. The molecule has 26 nitrogen and oxygen atoms in total. The Labute approximate surface area is 526 Å². The molecule has 4 aliphatic rings. The zero-order valence-electron chi connectivity index (χ0n) is 51.2. The molecule has 0 aliphatic carbocycles. The maximum Gasteiger partial charge on any atom is 0.394 e. The highest BCUT2D eigenvalue weighted by atomic mass is 35.5. The number of hydrogen-bond donors (Lipinski definition) is 13. The first-order valence-corrected chi connectivity index (χ1v) is 30.1. The minimum absolute atomic E-state index is 0. The Morgan fingerprint density at radius 1 is 0.618 bits per heavy atom. The number of hydrogen-bond acceptors (Lipinski definition) is 20. The fourth-order valence-electron chi connectivity index (χ4n) is 10.6. The van der Waals surface area contributed by atoms with E-state index >= 15 is 0 Å². The number of likely N-dealkylation sites (N-methyl/N-ethyl adjacent to an activating group) is 2. The van der Waals surface area contributed by atoms with Crippen molar-refractivity contribution in [3.05, 3.63) is 125 Å². The van der Waals surface area contributed by atoms with Gasteiger partial charge in [0.2, 0.25) is 5.91 Å². The van der Waals surface area contributed by atoms with Gasteiger partial charge in [-0.25, -0.2) is 9.59 Å². The van der Waals surface area contributed by atoms with E-state index < -0.39 is 52.5 Å². The van der Waals surface area contributed by atoms with E-state index in [0.717, 1.165) is 66.7 Å². The Hall–Kier alpha value is -6.41. The number of carbonyl (C=O) groups is 5. The summed E-state index contributed by atoms with van der Waals surface area (Å²) in [5, 5.41) is 85.0. The number of aliphatic hydroxyl groups excluding tert-OH is 5. The van der Waals surface area contributed by atoms with Crippen molar-refractivity contribution in [2.24, 2.45) is 0 Å². The van der Waals surface area contributed by atoms with E-state index in [-0.39, 0.29) is 72.6 Å². The second-order valence-corrected chi connectivity index (χ2v) is 22.5. The van der Waals surface area contributed by atoms with Gasteiger partial charge in [0.15, 0.2) is 23.7 Å². The standard InChI is InChI=1S/2C17H23NO3.C14H22N2O.C9H13NO3.C4H6O6.ClH.H2O4S.H2O/c2*1-18-13-7-8-14(18)10-15(9-13)21-17(20)16(11-19)12-5-3-2-4-6-12;1-5-16(6-2)10-13(17)15-14-11(3)8-7-9-12(14)4;1-10-5-9(13)6-2-3-7(11)8(12)4-6;5-1(3(7)8)2(6)4(9)10;;1-5(2,3)4;/h2*2-6,13-16,19H,7-11H2,1H3;7-9H,5-6,10H2,1-4H3,(H,15,17);2-4,9-13H,5H2,1H3;1-2,5-6H,(H,7,8)(H,9,10);1H;(H2,1,2,3,4);1H2/t2*13-,14+,15?,16?;;9-;1-,2-;;;/m...01.../s1. The lowest BCUT2D eigenvalue weighted by molar-refractivity contribution is -0.165. The molecular formula is C61H92ClN5O21S. The summed E-state index contributed by atoms with van der Waals surface area (Å²) in [6.07, 6.45) is 3.32. The number of aromatic hydroxyl groups is 2. The molecule has 0 radical (unpaired) electrons. The molecule has 4 fully saturated rings. The van der Waals surface area contributed by atoms with Crippen LogP contribution in [0.25, 0.3) is 0 Å². The van der Waals surface area contributed by atoms with E-state index in [0.29, 0.717) is 42.8 Å². The number of piperidine rings is 2. The number of aryl methyl sites for hydroxylation is 2. The number of aliphatic carboxylic acids is 2. The van der Waals surface area contributed by atoms with Crippen molar-refractivity contribution in [3.63, 3.8) is 0 Å². The monoisotopic (exact) mass is 1300 g/mol.